The van der Waals surface area contributed by atoms with Gasteiger partial charge in [0.2, 0.25) is 17.7 Å². The lowest BCUT2D eigenvalue weighted by Crippen LogP contribution is -2.58. The van der Waals surface area contributed by atoms with Crippen LogP contribution in [0.15, 0.2) is 24.3 Å². The zero-order valence-electron chi connectivity index (χ0n) is 19.6. The van der Waals surface area contributed by atoms with Crippen molar-refractivity contribution in [2.24, 2.45) is 17.4 Å². The van der Waals surface area contributed by atoms with Gasteiger partial charge in [-0.25, -0.2) is 0 Å². The average molecular weight is 460 g/mol. The summed E-state index contributed by atoms with van der Waals surface area (Å²) < 4.78 is 5.17. The fraction of sp³-hybridized carbons (Fsp3) is 0.625. The van der Waals surface area contributed by atoms with Crippen molar-refractivity contribution >= 4 is 17.7 Å². The molecule has 3 amide bonds. The largest absolute Gasteiger partial charge is 0.497 e. The normalized spacial score (nSPS) is 25.7. The maximum Gasteiger partial charge on any atom is 0.246 e. The van der Waals surface area contributed by atoms with E-state index in [1.54, 1.807) is 12.0 Å². The second-order valence-electron chi connectivity index (χ2n) is 8.96. The van der Waals surface area contributed by atoms with E-state index in [9.17, 15) is 14.4 Å². The van der Waals surface area contributed by atoms with E-state index in [-0.39, 0.29) is 36.2 Å². The number of rotatable bonds is 9. The smallest absolute Gasteiger partial charge is 0.246 e. The molecule has 1 aromatic rings. The standard InChI is InChI=1S/C24H37N5O4/c1-3-19(26)22(30)28-21-16(14-25)6-7-17-8-11-20(29(17)24(21)32)23(31)27-13-12-15-4-9-18(33-2)10-5-15/h4-5,9-10,16-17,19-21H,3,6-8,11-14,25-26H2,1-2H3,(H,27,31)(H,28,30)/t16-,17+,19+,20+,21+/m1/s1. The van der Waals surface area contributed by atoms with E-state index < -0.39 is 18.1 Å². The summed E-state index contributed by atoms with van der Waals surface area (Å²) in [7, 11) is 1.62. The third kappa shape index (κ3) is 5.83. The first kappa shape index (κ1) is 25.0. The van der Waals surface area contributed by atoms with Gasteiger partial charge in [0.1, 0.15) is 17.8 Å². The van der Waals surface area contributed by atoms with E-state index in [2.05, 4.69) is 10.6 Å². The van der Waals surface area contributed by atoms with Crippen LogP contribution < -0.4 is 26.8 Å². The molecular formula is C24H37N5O4. The van der Waals surface area contributed by atoms with Gasteiger partial charge in [-0.15, -0.1) is 0 Å². The number of nitrogens with one attached hydrogen (secondary N) is 2. The van der Waals surface area contributed by atoms with E-state index >= 15 is 0 Å². The van der Waals surface area contributed by atoms with Crippen molar-refractivity contribution in [1.29, 1.82) is 0 Å². The molecule has 2 heterocycles. The Bertz CT molecular complexity index is 831. The number of carbonyl (C=O) groups excluding carboxylic acids is 3. The van der Waals surface area contributed by atoms with Crippen LogP contribution in [0.4, 0.5) is 0 Å². The van der Waals surface area contributed by atoms with E-state index in [0.29, 0.717) is 25.8 Å². The molecule has 0 spiro atoms. The van der Waals surface area contributed by atoms with Crippen molar-refractivity contribution in [1.82, 2.24) is 15.5 Å². The molecule has 0 aliphatic carbocycles. The fourth-order valence-electron chi connectivity index (χ4n) is 4.81. The van der Waals surface area contributed by atoms with Gasteiger partial charge >= 0.3 is 0 Å². The van der Waals surface area contributed by atoms with Crippen LogP contribution in [0.3, 0.4) is 0 Å². The molecule has 33 heavy (non-hydrogen) atoms. The van der Waals surface area contributed by atoms with Crippen LogP contribution in [-0.4, -0.2) is 67.0 Å². The molecule has 0 bridgehead atoms. The Morgan fingerprint density at radius 2 is 1.88 bits per heavy atom. The Kier molecular flexibility index (Phi) is 8.68. The summed E-state index contributed by atoms with van der Waals surface area (Å²) in [6.45, 7) is 2.59. The number of amides is 3. The molecule has 1 aromatic carbocycles. The fourth-order valence-corrected chi connectivity index (χ4v) is 4.81. The monoisotopic (exact) mass is 459 g/mol. The lowest BCUT2D eigenvalue weighted by molar-refractivity contribution is -0.143. The minimum atomic E-state index is -0.752. The van der Waals surface area contributed by atoms with E-state index in [0.717, 1.165) is 30.6 Å². The molecule has 182 valence electrons. The highest BCUT2D eigenvalue weighted by Crippen LogP contribution is 2.33. The van der Waals surface area contributed by atoms with Gasteiger partial charge < -0.3 is 31.7 Å². The minimum absolute atomic E-state index is 0.00867. The van der Waals surface area contributed by atoms with Crippen LogP contribution in [0.1, 0.15) is 44.6 Å². The summed E-state index contributed by atoms with van der Waals surface area (Å²) in [5.41, 5.74) is 12.9. The first-order valence-corrected chi connectivity index (χ1v) is 11.9. The number of ether oxygens (including phenoxy) is 1. The Morgan fingerprint density at radius 1 is 1.18 bits per heavy atom. The molecule has 2 aliphatic rings. The third-order valence-electron chi connectivity index (χ3n) is 6.92. The lowest BCUT2D eigenvalue weighted by Gasteiger charge is -2.32. The van der Waals surface area contributed by atoms with E-state index in [4.69, 9.17) is 16.2 Å². The summed E-state index contributed by atoms with van der Waals surface area (Å²) in [4.78, 5) is 40.7. The number of benzene rings is 1. The van der Waals surface area contributed by atoms with Crippen molar-refractivity contribution in [3.63, 3.8) is 0 Å². The molecular weight excluding hydrogens is 422 g/mol. The first-order chi connectivity index (χ1) is 15.9. The van der Waals surface area contributed by atoms with Gasteiger partial charge in [0, 0.05) is 18.5 Å². The molecule has 0 aromatic heterocycles. The summed E-state index contributed by atoms with van der Waals surface area (Å²) in [6, 6.07) is 5.75. The van der Waals surface area contributed by atoms with Crippen LogP contribution in [0.5, 0.6) is 5.75 Å². The van der Waals surface area contributed by atoms with Crippen molar-refractivity contribution < 1.29 is 19.1 Å². The molecule has 0 saturated carbocycles. The van der Waals surface area contributed by atoms with E-state index in [1.807, 2.05) is 31.2 Å². The summed E-state index contributed by atoms with van der Waals surface area (Å²) >= 11 is 0. The number of hydrogen-bond acceptors (Lipinski definition) is 6. The van der Waals surface area contributed by atoms with Gasteiger partial charge in [0.25, 0.3) is 0 Å². The van der Waals surface area contributed by atoms with Gasteiger partial charge in [-0.3, -0.25) is 14.4 Å². The Balaban J connectivity index is 1.65. The quantitative estimate of drug-likeness (QED) is 0.419. The average Bonchev–Trinajstić information content (AvgIpc) is 3.21. The van der Waals surface area contributed by atoms with Gasteiger partial charge in [-0.1, -0.05) is 19.1 Å². The predicted octanol–water partition coefficient (Wildman–Crippen LogP) is 0.304. The number of nitrogens with zero attached hydrogens (tertiary/aromatic N) is 1. The van der Waals surface area contributed by atoms with E-state index in [1.165, 1.54) is 0 Å². The number of hydrogen-bond donors (Lipinski definition) is 4. The molecule has 2 fully saturated rings. The zero-order valence-corrected chi connectivity index (χ0v) is 19.6. The van der Waals surface area contributed by atoms with Crippen molar-refractivity contribution in [2.45, 2.75) is 69.6 Å². The third-order valence-corrected chi connectivity index (χ3v) is 6.92. The molecule has 0 radical (unpaired) electrons. The predicted molar refractivity (Wildman–Crippen MR) is 125 cm³/mol. The van der Waals surface area contributed by atoms with Crippen molar-refractivity contribution in [2.75, 3.05) is 20.2 Å². The second-order valence-corrected chi connectivity index (χ2v) is 8.96. The molecule has 6 N–H and O–H groups in total. The SMILES string of the molecule is CC[C@H](N)C(=O)N[C@@H]1C(=O)N2[C@@H](CC[C@@H]1CN)CC[C@H]2C(=O)NCCc1ccc(OC)cc1. The summed E-state index contributed by atoms with van der Waals surface area (Å²) in [6.07, 6.45) is 4.05. The zero-order chi connectivity index (χ0) is 24.0. The molecule has 9 nitrogen and oxygen atoms in total. The molecule has 9 heteroatoms. The Hall–Kier alpha value is -2.65. The van der Waals surface area contributed by atoms with Crippen LogP contribution in [0, 0.1) is 5.92 Å². The van der Waals surface area contributed by atoms with Gasteiger partial charge in [0.05, 0.1) is 13.2 Å². The number of fused-ring (bicyclic) bond motifs is 1. The Morgan fingerprint density at radius 3 is 2.52 bits per heavy atom. The highest BCUT2D eigenvalue weighted by Gasteiger charge is 2.47. The van der Waals surface area contributed by atoms with Crippen LogP contribution in [-0.2, 0) is 20.8 Å². The first-order valence-electron chi connectivity index (χ1n) is 11.9. The molecule has 3 rings (SSSR count). The molecule has 2 saturated heterocycles. The van der Waals surface area contributed by atoms with Crippen molar-refractivity contribution in [3.05, 3.63) is 29.8 Å². The summed E-state index contributed by atoms with van der Waals surface area (Å²) in [5, 5.41) is 5.82. The van der Waals surface area contributed by atoms with Gasteiger partial charge in [0.15, 0.2) is 0 Å². The van der Waals surface area contributed by atoms with Crippen LogP contribution in [0.25, 0.3) is 0 Å². The molecule has 5 atom stereocenters. The summed E-state index contributed by atoms with van der Waals surface area (Å²) in [5.74, 6) is -0.114. The maximum atomic E-state index is 13.5. The lowest BCUT2D eigenvalue weighted by atomic mass is 9.93. The number of methoxy groups -OCH3 is 1. The number of nitrogens with two attached hydrogens (primary N) is 2. The van der Waals surface area contributed by atoms with Crippen LogP contribution >= 0.6 is 0 Å². The van der Waals surface area contributed by atoms with Gasteiger partial charge in [-0.2, -0.15) is 0 Å². The molecule has 2 aliphatic heterocycles. The van der Waals surface area contributed by atoms with Crippen molar-refractivity contribution in [3.8, 4) is 5.75 Å². The maximum absolute atomic E-state index is 13.5. The second kappa shape index (κ2) is 11.5. The highest BCUT2D eigenvalue weighted by molar-refractivity contribution is 5.94. The number of carbonyl (C=O) groups is 3. The minimum Gasteiger partial charge on any atom is -0.497 e. The van der Waals surface area contributed by atoms with Gasteiger partial charge in [-0.05, 0) is 62.8 Å². The molecule has 0 unspecified atom stereocenters. The Labute approximate surface area is 195 Å². The van der Waals surface area contributed by atoms with Crippen LogP contribution in [0.2, 0.25) is 0 Å². The highest BCUT2D eigenvalue weighted by atomic mass is 16.5. The topological polar surface area (TPSA) is 140 Å².